The SMILES string of the molecule is CC1CCCN(C(N)=NCc2cc(Br)ccc2F)C1.I. The number of halogens is 3. The summed E-state index contributed by atoms with van der Waals surface area (Å²) in [5.74, 6) is 0.919. The van der Waals surface area contributed by atoms with Crippen molar-refractivity contribution >= 4 is 45.9 Å². The minimum atomic E-state index is -0.244. The minimum Gasteiger partial charge on any atom is -0.370 e. The van der Waals surface area contributed by atoms with Gasteiger partial charge < -0.3 is 10.6 Å². The first kappa shape index (κ1) is 17.7. The lowest BCUT2D eigenvalue weighted by Crippen LogP contribution is -2.43. The van der Waals surface area contributed by atoms with E-state index in [0.717, 1.165) is 24.0 Å². The van der Waals surface area contributed by atoms with E-state index in [1.54, 1.807) is 12.1 Å². The van der Waals surface area contributed by atoms with E-state index in [0.29, 0.717) is 17.4 Å². The van der Waals surface area contributed by atoms with Gasteiger partial charge in [-0.3, -0.25) is 0 Å². The highest BCUT2D eigenvalue weighted by Crippen LogP contribution is 2.17. The Morgan fingerprint density at radius 2 is 2.30 bits per heavy atom. The Balaban J connectivity index is 0.00000200. The first-order valence-electron chi connectivity index (χ1n) is 6.55. The topological polar surface area (TPSA) is 41.6 Å². The molecule has 3 nitrogen and oxygen atoms in total. The van der Waals surface area contributed by atoms with Crippen LogP contribution >= 0.6 is 39.9 Å². The number of hydrogen-bond donors (Lipinski definition) is 1. The molecule has 2 N–H and O–H groups in total. The van der Waals surface area contributed by atoms with E-state index in [1.807, 2.05) is 0 Å². The molecule has 1 aliphatic rings. The second-order valence-electron chi connectivity index (χ2n) is 5.10. The minimum absolute atomic E-state index is 0. The Hall–Kier alpha value is -0.370. The summed E-state index contributed by atoms with van der Waals surface area (Å²) in [5, 5.41) is 0. The molecule has 0 amide bonds. The quantitative estimate of drug-likeness (QED) is 0.419. The van der Waals surface area contributed by atoms with Crippen molar-refractivity contribution in [3.05, 3.63) is 34.1 Å². The molecule has 1 aliphatic heterocycles. The van der Waals surface area contributed by atoms with Crippen molar-refractivity contribution < 1.29 is 4.39 Å². The normalized spacial score (nSPS) is 19.6. The van der Waals surface area contributed by atoms with Gasteiger partial charge in [-0.2, -0.15) is 0 Å². The summed E-state index contributed by atoms with van der Waals surface area (Å²) in [6.07, 6.45) is 2.38. The predicted molar refractivity (Wildman–Crippen MR) is 94.8 cm³/mol. The van der Waals surface area contributed by atoms with Crippen LogP contribution in [0.3, 0.4) is 0 Å². The Kier molecular flexibility index (Phi) is 7.22. The summed E-state index contributed by atoms with van der Waals surface area (Å²) in [6, 6.07) is 4.86. The number of benzene rings is 1. The fourth-order valence-electron chi connectivity index (χ4n) is 2.33. The van der Waals surface area contributed by atoms with Gasteiger partial charge >= 0.3 is 0 Å². The summed E-state index contributed by atoms with van der Waals surface area (Å²) in [6.45, 7) is 4.38. The van der Waals surface area contributed by atoms with Crippen LogP contribution in [0.25, 0.3) is 0 Å². The molecule has 1 aromatic rings. The van der Waals surface area contributed by atoms with Crippen molar-refractivity contribution in [2.24, 2.45) is 16.6 Å². The third-order valence-electron chi connectivity index (χ3n) is 3.40. The molecule has 1 atom stereocenters. The number of nitrogens with two attached hydrogens (primary N) is 1. The molecule has 0 radical (unpaired) electrons. The Morgan fingerprint density at radius 3 is 3.00 bits per heavy atom. The van der Waals surface area contributed by atoms with Crippen molar-refractivity contribution in [1.29, 1.82) is 0 Å². The zero-order valence-electron chi connectivity index (χ0n) is 11.5. The zero-order chi connectivity index (χ0) is 13.8. The lowest BCUT2D eigenvalue weighted by Gasteiger charge is -2.31. The second-order valence-corrected chi connectivity index (χ2v) is 6.02. The van der Waals surface area contributed by atoms with Gasteiger partial charge in [0.1, 0.15) is 5.82 Å². The van der Waals surface area contributed by atoms with Crippen LogP contribution in [0, 0.1) is 11.7 Å². The molecule has 6 heteroatoms. The van der Waals surface area contributed by atoms with Crippen LogP contribution in [-0.2, 0) is 6.54 Å². The number of likely N-dealkylation sites (tertiary alicyclic amines) is 1. The average Bonchev–Trinajstić information content (AvgIpc) is 2.39. The molecule has 0 aliphatic carbocycles. The van der Waals surface area contributed by atoms with Gasteiger partial charge in [0.15, 0.2) is 5.96 Å². The molecule has 1 unspecified atom stereocenters. The van der Waals surface area contributed by atoms with Crippen molar-refractivity contribution in [2.75, 3.05) is 13.1 Å². The second kappa shape index (κ2) is 8.17. The maximum atomic E-state index is 13.6. The van der Waals surface area contributed by atoms with Crippen molar-refractivity contribution in [1.82, 2.24) is 4.90 Å². The molecule has 1 aromatic carbocycles. The fourth-order valence-corrected chi connectivity index (χ4v) is 2.74. The number of piperidine rings is 1. The van der Waals surface area contributed by atoms with Crippen LogP contribution < -0.4 is 5.73 Å². The third kappa shape index (κ3) is 4.87. The molecular weight excluding hydrogens is 436 g/mol. The summed E-state index contributed by atoms with van der Waals surface area (Å²) in [4.78, 5) is 6.40. The molecule has 1 heterocycles. The van der Waals surface area contributed by atoms with E-state index < -0.39 is 0 Å². The van der Waals surface area contributed by atoms with E-state index in [9.17, 15) is 4.39 Å². The van der Waals surface area contributed by atoms with E-state index >= 15 is 0 Å². The standard InChI is InChI=1S/C14H19BrFN3.HI/c1-10-3-2-6-19(9-10)14(17)18-8-11-7-12(15)4-5-13(11)16;/h4-5,7,10H,2-3,6,8-9H2,1H3,(H2,17,18);1H. The van der Waals surface area contributed by atoms with Crippen LogP contribution in [0.15, 0.2) is 27.7 Å². The number of aliphatic imine (C=N–C) groups is 1. The average molecular weight is 456 g/mol. The van der Waals surface area contributed by atoms with E-state index in [2.05, 4.69) is 32.7 Å². The molecule has 0 bridgehead atoms. The summed E-state index contributed by atoms with van der Waals surface area (Å²) in [7, 11) is 0. The highest BCUT2D eigenvalue weighted by Gasteiger charge is 2.17. The molecule has 0 saturated carbocycles. The van der Waals surface area contributed by atoms with Crippen LogP contribution in [0.4, 0.5) is 4.39 Å². The van der Waals surface area contributed by atoms with Gasteiger partial charge in [-0.25, -0.2) is 9.38 Å². The monoisotopic (exact) mass is 455 g/mol. The number of rotatable bonds is 2. The number of nitrogens with zero attached hydrogens (tertiary/aromatic N) is 2. The summed E-state index contributed by atoms with van der Waals surface area (Å²) >= 11 is 3.33. The van der Waals surface area contributed by atoms with Crippen molar-refractivity contribution in [2.45, 2.75) is 26.3 Å². The molecule has 112 valence electrons. The fraction of sp³-hybridized carbons (Fsp3) is 0.500. The first-order valence-corrected chi connectivity index (χ1v) is 7.34. The predicted octanol–water partition coefficient (Wildman–Crippen LogP) is 3.75. The third-order valence-corrected chi connectivity index (χ3v) is 3.89. The molecule has 20 heavy (non-hydrogen) atoms. The Morgan fingerprint density at radius 1 is 1.55 bits per heavy atom. The lowest BCUT2D eigenvalue weighted by molar-refractivity contribution is 0.270. The van der Waals surface area contributed by atoms with Gasteiger partial charge in [0.2, 0.25) is 0 Å². The molecule has 1 saturated heterocycles. The summed E-state index contributed by atoms with van der Waals surface area (Å²) < 4.78 is 14.4. The largest absolute Gasteiger partial charge is 0.370 e. The van der Waals surface area contributed by atoms with Crippen LogP contribution in [0.5, 0.6) is 0 Å². The van der Waals surface area contributed by atoms with Gasteiger partial charge in [0.25, 0.3) is 0 Å². The van der Waals surface area contributed by atoms with Gasteiger partial charge in [-0.1, -0.05) is 22.9 Å². The zero-order valence-corrected chi connectivity index (χ0v) is 15.4. The number of guanidine groups is 1. The van der Waals surface area contributed by atoms with Gasteiger partial charge in [0.05, 0.1) is 6.54 Å². The Bertz CT molecular complexity index is 481. The summed E-state index contributed by atoms with van der Waals surface area (Å²) in [5.41, 5.74) is 6.55. The molecular formula is C14H20BrFIN3. The Labute approximate surface area is 145 Å². The van der Waals surface area contributed by atoms with Gasteiger partial charge in [-0.05, 0) is 37.0 Å². The van der Waals surface area contributed by atoms with Crippen LogP contribution in [0.2, 0.25) is 0 Å². The van der Waals surface area contributed by atoms with Gasteiger partial charge in [-0.15, -0.1) is 24.0 Å². The van der Waals surface area contributed by atoms with Gasteiger partial charge in [0, 0.05) is 23.1 Å². The van der Waals surface area contributed by atoms with Crippen molar-refractivity contribution in [3.63, 3.8) is 0 Å². The maximum absolute atomic E-state index is 13.6. The van der Waals surface area contributed by atoms with Crippen LogP contribution in [0.1, 0.15) is 25.3 Å². The number of hydrogen-bond acceptors (Lipinski definition) is 1. The highest BCUT2D eigenvalue weighted by atomic mass is 127. The molecule has 0 aromatic heterocycles. The van der Waals surface area contributed by atoms with E-state index in [4.69, 9.17) is 5.73 Å². The molecule has 1 fully saturated rings. The van der Waals surface area contributed by atoms with Crippen LogP contribution in [-0.4, -0.2) is 23.9 Å². The lowest BCUT2D eigenvalue weighted by atomic mass is 10.0. The smallest absolute Gasteiger partial charge is 0.191 e. The first-order chi connectivity index (χ1) is 9.06. The van der Waals surface area contributed by atoms with E-state index in [1.165, 1.54) is 12.5 Å². The highest BCUT2D eigenvalue weighted by molar-refractivity contribution is 14.0. The van der Waals surface area contributed by atoms with E-state index in [-0.39, 0.29) is 36.3 Å². The molecule has 0 spiro atoms. The molecule has 2 rings (SSSR count). The maximum Gasteiger partial charge on any atom is 0.191 e. The van der Waals surface area contributed by atoms with Crippen molar-refractivity contribution in [3.8, 4) is 0 Å².